The average Bonchev–Trinajstić information content (AvgIpc) is 3.59. The molecular weight excluding hydrogens is 1020 g/mol. The van der Waals surface area contributed by atoms with E-state index in [2.05, 4.69) is 0 Å². The Morgan fingerprint density at radius 1 is 0.775 bits per heavy atom. The largest absolute Gasteiger partial charge is 1.00 e. The summed E-state index contributed by atoms with van der Waals surface area (Å²) >= 11 is 0. The van der Waals surface area contributed by atoms with E-state index in [4.69, 9.17) is 4.74 Å². The predicted octanol–water partition coefficient (Wildman–Crippen LogP) is 6.06. The molecule has 3 N–H and O–H groups in total. The maximum absolute atomic E-state index is 17.0. The van der Waals surface area contributed by atoms with Gasteiger partial charge in [0.2, 0.25) is 5.69 Å². The molecular formula is C48H58F3N2NaO13S4. The Kier molecular flexibility index (Phi) is 18.4. The number of fused-ring (bicyclic) bond motifs is 2. The standard InChI is InChI=1S/C48H57F3N2O13S4.Na.H/c1-6-7-25-66-46-38(50)30-37(49)44(45(46)51)43-31(15-21-41-47(2,3)35-28-33(69(60,61)62)17-19-39(35)52(41)23-8-10-26-67(54,55)56)13-12-14-32(43)16-22-42-48(4,5)36-29-34(70(63,64)65)18-20-40(36)53(42)24-9-11-27-68(57,58)59;;/h15-22,28-30H,6-14,23-27H2,1-5H3,(H3-,54,55,56,57,58,59,60,61,62,63,64,65);;/q;+1;-1. The first-order valence-electron chi connectivity index (χ1n) is 22.7. The van der Waals surface area contributed by atoms with Gasteiger partial charge in [0.1, 0.15) is 22.5 Å². The predicted molar refractivity (Wildman–Crippen MR) is 259 cm³/mol. The third kappa shape index (κ3) is 13.4. The van der Waals surface area contributed by atoms with Crippen LogP contribution in [0, 0.1) is 17.5 Å². The van der Waals surface area contributed by atoms with Gasteiger partial charge in [-0.05, 0) is 117 Å². The van der Waals surface area contributed by atoms with Gasteiger partial charge in [-0.15, -0.1) is 0 Å². The summed E-state index contributed by atoms with van der Waals surface area (Å²) in [6.45, 7) is 9.33. The molecule has 384 valence electrons. The molecule has 0 saturated carbocycles. The second-order valence-electron chi connectivity index (χ2n) is 18.6. The third-order valence-corrected chi connectivity index (χ3v) is 16.2. The van der Waals surface area contributed by atoms with Crippen LogP contribution in [0.3, 0.4) is 0 Å². The molecule has 3 aliphatic rings. The van der Waals surface area contributed by atoms with E-state index in [9.17, 15) is 51.9 Å². The van der Waals surface area contributed by atoms with Crippen LogP contribution in [0.5, 0.6) is 5.75 Å². The molecule has 0 saturated heterocycles. The first-order chi connectivity index (χ1) is 32.5. The molecule has 6 rings (SSSR count). The molecule has 1 aliphatic carbocycles. The molecule has 0 atom stereocenters. The molecule has 2 heterocycles. The Morgan fingerprint density at radius 3 is 2.03 bits per heavy atom. The number of hydrogen-bond donors (Lipinski definition) is 3. The van der Waals surface area contributed by atoms with Gasteiger partial charge in [0.05, 0.1) is 38.9 Å². The molecule has 0 fully saturated rings. The topological polar surface area (TPSA) is 236 Å². The van der Waals surface area contributed by atoms with Crippen molar-refractivity contribution in [3.63, 3.8) is 0 Å². The van der Waals surface area contributed by atoms with Crippen LogP contribution in [-0.4, -0.2) is 93.4 Å². The Hall–Kier alpha value is -3.68. The van der Waals surface area contributed by atoms with Crippen LogP contribution in [0.2, 0.25) is 0 Å². The minimum absolute atomic E-state index is 0. The molecule has 0 unspecified atom stereocenters. The van der Waals surface area contributed by atoms with Gasteiger partial charge in [-0.2, -0.15) is 29.8 Å². The van der Waals surface area contributed by atoms with E-state index >= 15 is 13.2 Å². The van der Waals surface area contributed by atoms with Gasteiger partial charge in [-0.1, -0.05) is 39.3 Å². The number of unbranched alkanes of at least 4 members (excludes halogenated alkanes) is 3. The molecule has 0 bridgehead atoms. The van der Waals surface area contributed by atoms with Crippen molar-refractivity contribution in [3.8, 4) is 5.75 Å². The minimum atomic E-state index is -4.89. The van der Waals surface area contributed by atoms with Crippen LogP contribution in [0.15, 0.2) is 93.4 Å². The van der Waals surface area contributed by atoms with Crippen molar-refractivity contribution in [1.82, 2.24) is 0 Å². The normalized spacial score (nSPS) is 18.2. The Morgan fingerprint density at radius 2 is 1.41 bits per heavy atom. The number of ether oxygens (including phenoxy) is 1. The third-order valence-electron chi connectivity index (χ3n) is 12.9. The number of allylic oxidation sites excluding steroid dienone is 8. The Labute approximate surface area is 438 Å². The van der Waals surface area contributed by atoms with E-state index in [1.165, 1.54) is 36.4 Å². The monoisotopic (exact) mass is 1080 g/mol. The van der Waals surface area contributed by atoms with Crippen LogP contribution in [0.1, 0.15) is 111 Å². The number of rotatable bonds is 20. The molecule has 3 aromatic carbocycles. The zero-order valence-corrected chi connectivity index (χ0v) is 45.6. The van der Waals surface area contributed by atoms with Gasteiger partial charge < -0.3 is 15.6 Å². The van der Waals surface area contributed by atoms with Gasteiger partial charge in [-0.3, -0.25) is 13.7 Å². The number of anilines is 1. The molecule has 0 aromatic heterocycles. The van der Waals surface area contributed by atoms with Crippen molar-refractivity contribution >= 4 is 63.1 Å². The summed E-state index contributed by atoms with van der Waals surface area (Å²) in [5.74, 6) is -5.56. The van der Waals surface area contributed by atoms with Crippen molar-refractivity contribution in [2.45, 2.75) is 113 Å². The number of hydrogen-bond acceptors (Lipinski definition) is 11. The SMILES string of the molecule is CCCCOc1c(F)cc(F)c(C2=C(C=CC3=[N+](CCCCS(=O)(=O)O)c4ccc(S(=O)(=O)[O-])cc4C3(C)C)CCCC2=CC=C2N(CCCCS(=O)(=O)O)c3ccc(S(=O)(=O)O)cc3C2(C)C)c1F.[H-].[Na+]. The summed E-state index contributed by atoms with van der Waals surface area (Å²) in [4.78, 5) is 0.998. The van der Waals surface area contributed by atoms with Gasteiger partial charge in [-0.25, -0.2) is 21.6 Å². The summed E-state index contributed by atoms with van der Waals surface area (Å²) in [5, 5.41) is 0. The van der Waals surface area contributed by atoms with Crippen LogP contribution < -0.4 is 39.2 Å². The second-order valence-corrected chi connectivity index (χ2v) is 24.5. The van der Waals surface area contributed by atoms with Crippen LogP contribution >= 0.6 is 0 Å². The average molecular weight is 1080 g/mol. The van der Waals surface area contributed by atoms with E-state index in [0.717, 1.165) is 0 Å². The summed E-state index contributed by atoms with van der Waals surface area (Å²) in [5.41, 5.74) is 1.44. The summed E-state index contributed by atoms with van der Waals surface area (Å²) in [6.07, 6.45) is 9.39. The second kappa shape index (κ2) is 22.4. The summed E-state index contributed by atoms with van der Waals surface area (Å²) in [6, 6.07) is 8.54. The molecule has 0 radical (unpaired) electrons. The van der Waals surface area contributed by atoms with Gasteiger partial charge in [0.15, 0.2) is 23.1 Å². The molecule has 15 nitrogen and oxygen atoms in total. The van der Waals surface area contributed by atoms with E-state index in [0.29, 0.717) is 70.4 Å². The van der Waals surface area contributed by atoms with Crippen LogP contribution in [0.25, 0.3) is 5.57 Å². The van der Waals surface area contributed by atoms with Gasteiger partial charge in [0, 0.05) is 53.5 Å². The number of benzene rings is 3. The van der Waals surface area contributed by atoms with Crippen LogP contribution in [0.4, 0.5) is 24.5 Å². The van der Waals surface area contributed by atoms with Gasteiger partial charge >= 0.3 is 29.6 Å². The fourth-order valence-corrected chi connectivity index (χ4v) is 11.5. The quantitative estimate of drug-likeness (QED) is 0.0505. The van der Waals surface area contributed by atoms with Crippen LogP contribution in [-0.2, 0) is 51.3 Å². The Bertz CT molecular complexity index is 3210. The molecule has 0 spiro atoms. The zero-order chi connectivity index (χ0) is 51.8. The van der Waals surface area contributed by atoms with Gasteiger partial charge in [0.25, 0.3) is 30.4 Å². The summed E-state index contributed by atoms with van der Waals surface area (Å²) < 4.78 is 192. The minimum Gasteiger partial charge on any atom is -1.00 e. The van der Waals surface area contributed by atoms with E-state index in [1.54, 1.807) is 52.0 Å². The molecule has 0 amide bonds. The Balaban J connectivity index is 0.00000562. The molecule has 71 heavy (non-hydrogen) atoms. The molecule has 3 aromatic rings. The summed E-state index contributed by atoms with van der Waals surface area (Å²) in [7, 11) is -18.1. The van der Waals surface area contributed by atoms with Crippen molar-refractivity contribution in [1.29, 1.82) is 0 Å². The smallest absolute Gasteiger partial charge is 1.00 e. The fourth-order valence-electron chi connectivity index (χ4n) is 9.41. The fraction of sp³-hybridized carbons (Fsp3) is 0.438. The van der Waals surface area contributed by atoms with E-state index in [-0.39, 0.29) is 99.7 Å². The van der Waals surface area contributed by atoms with Crippen molar-refractivity contribution in [2.75, 3.05) is 36.1 Å². The number of nitrogens with zero attached hydrogens (tertiary/aromatic N) is 2. The first-order valence-corrected chi connectivity index (χ1v) is 28.7. The zero-order valence-electron chi connectivity index (χ0n) is 41.3. The maximum atomic E-state index is 17.0. The van der Waals surface area contributed by atoms with E-state index < -0.39 is 96.5 Å². The van der Waals surface area contributed by atoms with Crippen molar-refractivity contribution < 1.29 is 105 Å². The maximum Gasteiger partial charge on any atom is 1.00 e. The molecule has 23 heteroatoms. The van der Waals surface area contributed by atoms with Crippen molar-refractivity contribution in [2.24, 2.45) is 0 Å². The van der Waals surface area contributed by atoms with E-state index in [1.807, 2.05) is 16.4 Å². The molecule has 2 aliphatic heterocycles. The van der Waals surface area contributed by atoms with Crippen molar-refractivity contribution in [3.05, 3.63) is 118 Å². The first kappa shape index (κ1) is 58.2. The number of halogens is 3.